The average molecular weight is 445 g/mol. The van der Waals surface area contributed by atoms with E-state index in [4.69, 9.17) is 0 Å². The number of amides is 1. The number of unbranched alkanes of at least 4 members (excludes halogenated alkanes) is 3. The van der Waals surface area contributed by atoms with Crippen LogP contribution in [0.15, 0.2) is 0 Å². The molecule has 0 radical (unpaired) electrons. The van der Waals surface area contributed by atoms with Gasteiger partial charge in [-0.15, -0.1) is 0 Å². The Morgan fingerprint density at radius 3 is 1.91 bits per heavy atom. The van der Waals surface area contributed by atoms with E-state index in [-0.39, 0.29) is 5.91 Å². The number of rotatable bonds is 11. The van der Waals surface area contributed by atoms with Gasteiger partial charge in [0.15, 0.2) is 0 Å². The van der Waals surface area contributed by atoms with Crippen LogP contribution in [0.3, 0.4) is 0 Å². The van der Waals surface area contributed by atoms with Gasteiger partial charge in [0.05, 0.1) is 0 Å². The van der Waals surface area contributed by atoms with Gasteiger partial charge in [-0.05, 0) is 0 Å². The van der Waals surface area contributed by atoms with E-state index in [9.17, 15) is 4.79 Å². The van der Waals surface area contributed by atoms with E-state index in [0.29, 0.717) is 0 Å². The summed E-state index contributed by atoms with van der Waals surface area (Å²) in [4.78, 5) is 16.1. The number of carbonyl (C=O) groups is 1. The quantitative estimate of drug-likeness (QED) is 0.460. The van der Waals surface area contributed by atoms with Crippen molar-refractivity contribution in [2.45, 2.75) is 86.5 Å². The van der Waals surface area contributed by atoms with E-state index >= 15 is 0 Å². The van der Waals surface area contributed by atoms with Gasteiger partial charge in [-0.25, -0.2) is 0 Å². The second-order valence-electron chi connectivity index (χ2n) is 6.71. The van der Waals surface area contributed by atoms with Crippen LogP contribution in [0.25, 0.3) is 0 Å². The molecule has 5 heteroatoms. The molecule has 23 heavy (non-hydrogen) atoms. The van der Waals surface area contributed by atoms with Crippen molar-refractivity contribution in [1.82, 2.24) is 4.98 Å². The molecule has 0 aliphatic heterocycles. The fraction of sp³-hybridized carbons (Fsp3) is 0.778. The first-order chi connectivity index (χ1) is 11.0. The van der Waals surface area contributed by atoms with E-state index in [0.717, 1.165) is 5.13 Å². The molecule has 0 aliphatic carbocycles. The summed E-state index contributed by atoms with van der Waals surface area (Å²) in [6.07, 6.45) is 7.93. The first-order valence-corrected chi connectivity index (χ1v) is 17.5. The van der Waals surface area contributed by atoms with E-state index in [1.807, 2.05) is 0 Å². The van der Waals surface area contributed by atoms with E-state index < -0.39 is 18.4 Å². The molecule has 1 amide bonds. The molecule has 0 aromatic carbocycles. The number of aryl methyl sites for hydroxylation is 1. The van der Waals surface area contributed by atoms with Crippen LogP contribution in [0.1, 0.15) is 71.9 Å². The molecule has 0 aliphatic rings. The number of hydrogen-bond acceptors (Lipinski definition) is 3. The minimum absolute atomic E-state index is 0.0122. The van der Waals surface area contributed by atoms with Gasteiger partial charge in [0.1, 0.15) is 0 Å². The predicted molar refractivity (Wildman–Crippen MR) is 106 cm³/mol. The van der Waals surface area contributed by atoms with Crippen molar-refractivity contribution in [3.8, 4) is 0 Å². The van der Waals surface area contributed by atoms with Crippen molar-refractivity contribution >= 4 is 43.6 Å². The number of hydrogen-bond donors (Lipinski definition) is 1. The third-order valence-corrected chi connectivity index (χ3v) is 24.3. The molecule has 0 saturated heterocycles. The molecular weight excluding hydrogens is 411 g/mol. The monoisotopic (exact) mass is 446 g/mol. The molecule has 0 unspecified atom stereocenters. The van der Waals surface area contributed by atoms with Crippen LogP contribution < -0.4 is 8.21 Å². The van der Waals surface area contributed by atoms with Crippen LogP contribution in [0.5, 0.6) is 0 Å². The molecule has 1 heterocycles. The van der Waals surface area contributed by atoms with Gasteiger partial charge in [0, 0.05) is 0 Å². The maximum absolute atomic E-state index is 11.4. The van der Waals surface area contributed by atoms with Crippen molar-refractivity contribution in [3.63, 3.8) is 0 Å². The first-order valence-electron chi connectivity index (χ1n) is 9.24. The number of carbonyl (C=O) groups excluding carboxylic acids is 1. The van der Waals surface area contributed by atoms with Crippen LogP contribution in [0.4, 0.5) is 5.13 Å². The summed E-state index contributed by atoms with van der Waals surface area (Å²) in [6, 6.07) is 0. The molecule has 0 saturated carbocycles. The molecule has 1 rings (SSSR count). The number of thiazole rings is 1. The molecule has 0 atom stereocenters. The SMILES string of the molecule is CCC[CH2][Sn]([CH2]CCC)([CH2]CCC)[c]1sc(NC(C)=O)nc1C. The van der Waals surface area contributed by atoms with Gasteiger partial charge in [-0.3, -0.25) is 0 Å². The number of nitrogens with zero attached hydrogens (tertiary/aromatic N) is 1. The van der Waals surface area contributed by atoms with Crippen molar-refractivity contribution in [3.05, 3.63) is 5.69 Å². The molecule has 1 aromatic rings. The fourth-order valence-electron chi connectivity index (χ4n) is 3.35. The normalized spacial score (nSPS) is 11.7. The molecule has 1 N–H and O–H groups in total. The Bertz CT molecular complexity index is 466. The standard InChI is InChI=1S/C6H7N2OS.3C4H9.Sn/c1-4-3-10-6(7-4)8-5(2)9;3*1-3-4-2;/h1-2H3,(H,7,8,9);3*1,3-4H2,2H3;. The van der Waals surface area contributed by atoms with Crippen LogP contribution in [-0.4, -0.2) is 29.3 Å². The van der Waals surface area contributed by atoms with Gasteiger partial charge in [0.2, 0.25) is 0 Å². The van der Waals surface area contributed by atoms with Crippen molar-refractivity contribution in [2.24, 2.45) is 0 Å². The molecular formula is C18H34N2OSSn. The van der Waals surface area contributed by atoms with Crippen LogP contribution >= 0.6 is 11.3 Å². The zero-order valence-electron chi connectivity index (χ0n) is 15.6. The average Bonchev–Trinajstić information content (AvgIpc) is 2.87. The molecule has 0 fully saturated rings. The van der Waals surface area contributed by atoms with E-state index in [2.05, 4.69) is 38.0 Å². The second kappa shape index (κ2) is 10.7. The van der Waals surface area contributed by atoms with Crippen LogP contribution in [-0.2, 0) is 4.79 Å². The summed E-state index contributed by atoms with van der Waals surface area (Å²) in [5.41, 5.74) is 1.21. The Hall–Kier alpha value is -0.101. The van der Waals surface area contributed by atoms with Crippen molar-refractivity contribution < 1.29 is 4.79 Å². The third kappa shape index (κ3) is 6.37. The summed E-state index contributed by atoms with van der Waals surface area (Å²) in [5, 5.41) is 3.72. The Morgan fingerprint density at radius 2 is 1.52 bits per heavy atom. The number of aromatic nitrogens is 1. The van der Waals surface area contributed by atoms with E-state index in [1.165, 1.54) is 57.5 Å². The number of nitrogens with one attached hydrogen (secondary N) is 1. The zero-order chi connectivity index (χ0) is 17.3. The van der Waals surface area contributed by atoms with Crippen LogP contribution in [0, 0.1) is 6.92 Å². The van der Waals surface area contributed by atoms with Crippen LogP contribution in [0.2, 0.25) is 13.3 Å². The van der Waals surface area contributed by atoms with Crippen molar-refractivity contribution in [1.29, 1.82) is 0 Å². The molecule has 0 spiro atoms. The summed E-state index contributed by atoms with van der Waals surface area (Å²) >= 11 is -0.607. The van der Waals surface area contributed by atoms with Gasteiger partial charge in [-0.2, -0.15) is 0 Å². The molecule has 1 aromatic heterocycles. The summed E-state index contributed by atoms with van der Waals surface area (Å²) < 4.78 is 5.98. The summed E-state index contributed by atoms with van der Waals surface area (Å²) in [6.45, 7) is 10.6. The first kappa shape index (κ1) is 20.9. The van der Waals surface area contributed by atoms with Gasteiger partial charge < -0.3 is 0 Å². The van der Waals surface area contributed by atoms with Crippen molar-refractivity contribution in [2.75, 3.05) is 5.32 Å². The van der Waals surface area contributed by atoms with Gasteiger partial charge in [-0.1, -0.05) is 0 Å². The molecule has 132 valence electrons. The Morgan fingerprint density at radius 1 is 1.04 bits per heavy atom. The fourth-order valence-corrected chi connectivity index (χ4v) is 24.3. The molecule has 0 bridgehead atoms. The van der Waals surface area contributed by atoms with Gasteiger partial charge >= 0.3 is 151 Å². The Kier molecular flexibility index (Phi) is 9.74. The summed E-state index contributed by atoms with van der Waals surface area (Å²) in [7, 11) is 0. The Labute approximate surface area is 150 Å². The van der Waals surface area contributed by atoms with Gasteiger partial charge in [0.25, 0.3) is 0 Å². The second-order valence-corrected chi connectivity index (χ2v) is 21.8. The topological polar surface area (TPSA) is 42.0 Å². The zero-order valence-corrected chi connectivity index (χ0v) is 19.3. The minimum atomic E-state index is -2.40. The molecule has 3 nitrogen and oxygen atoms in total. The summed E-state index contributed by atoms with van der Waals surface area (Å²) in [5.74, 6) is -0.0122. The predicted octanol–water partition coefficient (Wildman–Crippen LogP) is 5.47. The van der Waals surface area contributed by atoms with E-state index in [1.54, 1.807) is 21.2 Å². The number of anilines is 1. The Balaban J connectivity index is 3.17. The third-order valence-electron chi connectivity index (χ3n) is 4.59. The maximum atomic E-state index is 11.4.